The summed E-state index contributed by atoms with van der Waals surface area (Å²) < 4.78 is 45.4. The average Bonchev–Trinajstić information content (AvgIpc) is 2.83. The van der Waals surface area contributed by atoms with Crippen LogP contribution >= 0.6 is 0 Å². The van der Waals surface area contributed by atoms with Crippen LogP contribution in [0.1, 0.15) is 36.6 Å². The maximum Gasteiger partial charge on any atom is 0.416 e. The molecule has 2 aromatic rings. The molecule has 0 spiro atoms. The zero-order valence-electron chi connectivity index (χ0n) is 20.0. The van der Waals surface area contributed by atoms with Crippen LogP contribution in [0.15, 0.2) is 59.8 Å². The number of nitrogens with zero attached hydrogens (tertiary/aromatic N) is 4. The Bertz CT molecular complexity index is 1260. The monoisotopic (exact) mass is 500 g/mol. The number of alkyl halides is 3. The Morgan fingerprint density at radius 1 is 1.14 bits per heavy atom. The van der Waals surface area contributed by atoms with Gasteiger partial charge in [0, 0.05) is 19.8 Å². The third-order valence-corrected chi connectivity index (χ3v) is 5.53. The van der Waals surface area contributed by atoms with Gasteiger partial charge in [0.25, 0.3) is 0 Å². The fourth-order valence-corrected chi connectivity index (χ4v) is 3.87. The Morgan fingerprint density at radius 2 is 1.78 bits per heavy atom. The lowest BCUT2D eigenvalue weighted by molar-refractivity contribution is -0.139. The van der Waals surface area contributed by atoms with E-state index >= 15 is 0 Å². The Balaban J connectivity index is 2.33. The van der Waals surface area contributed by atoms with Crippen LogP contribution in [-0.4, -0.2) is 48.5 Å². The number of esters is 1. The van der Waals surface area contributed by atoms with Gasteiger partial charge in [-0.1, -0.05) is 18.2 Å². The molecular formula is C25H23F3N4O4. The molecule has 0 aromatic heterocycles. The number of hydrogen-bond donors (Lipinski definition) is 0. The van der Waals surface area contributed by atoms with Crippen LogP contribution in [0, 0.1) is 11.3 Å². The van der Waals surface area contributed by atoms with E-state index in [1.807, 2.05) is 6.07 Å². The Labute approximate surface area is 205 Å². The third kappa shape index (κ3) is 4.88. The number of benzene rings is 2. The number of allylic oxidation sites excluding steroid dienone is 1. The molecule has 36 heavy (non-hydrogen) atoms. The van der Waals surface area contributed by atoms with Gasteiger partial charge in [-0.25, -0.2) is 19.3 Å². The minimum absolute atomic E-state index is 0.00920. The summed E-state index contributed by atoms with van der Waals surface area (Å²) in [5.74, 6) is -0.842. The van der Waals surface area contributed by atoms with E-state index in [0.29, 0.717) is 11.1 Å². The second-order valence-electron chi connectivity index (χ2n) is 8.07. The van der Waals surface area contributed by atoms with Crippen molar-refractivity contribution in [1.82, 2.24) is 9.80 Å². The molecule has 0 saturated carbocycles. The average molecular weight is 500 g/mol. The summed E-state index contributed by atoms with van der Waals surface area (Å²) in [5.41, 5.74) is -0.621. The Hall–Kier alpha value is -4.33. The maximum atomic E-state index is 13.8. The topological polar surface area (TPSA) is 93.9 Å². The predicted octanol–water partition coefficient (Wildman–Crippen LogP) is 5.08. The van der Waals surface area contributed by atoms with Crippen LogP contribution in [0.4, 0.5) is 28.4 Å². The number of halogens is 3. The van der Waals surface area contributed by atoms with Crippen LogP contribution in [0.5, 0.6) is 0 Å². The molecule has 1 aliphatic heterocycles. The highest BCUT2D eigenvalue weighted by Gasteiger charge is 2.46. The molecule has 1 unspecified atom stereocenters. The molecule has 8 nitrogen and oxygen atoms in total. The Kier molecular flexibility index (Phi) is 7.38. The van der Waals surface area contributed by atoms with Gasteiger partial charge in [0.05, 0.1) is 35.1 Å². The van der Waals surface area contributed by atoms with Crippen molar-refractivity contribution < 1.29 is 32.3 Å². The van der Waals surface area contributed by atoms with Crippen LogP contribution < -0.4 is 4.90 Å². The zero-order chi connectivity index (χ0) is 26.8. The molecule has 1 aliphatic rings. The summed E-state index contributed by atoms with van der Waals surface area (Å²) in [6.07, 6.45) is -4.68. The first kappa shape index (κ1) is 26.3. The lowest BCUT2D eigenvalue weighted by Gasteiger charge is -2.42. The highest BCUT2D eigenvalue weighted by molar-refractivity contribution is 6.09. The van der Waals surface area contributed by atoms with E-state index in [0.717, 1.165) is 32.9 Å². The molecule has 0 aliphatic carbocycles. The molecule has 0 fully saturated rings. The van der Waals surface area contributed by atoms with Crippen LogP contribution in [0.3, 0.4) is 0 Å². The van der Waals surface area contributed by atoms with Gasteiger partial charge in [-0.15, -0.1) is 0 Å². The molecule has 11 heteroatoms. The van der Waals surface area contributed by atoms with Crippen molar-refractivity contribution >= 4 is 23.7 Å². The van der Waals surface area contributed by atoms with E-state index in [1.54, 1.807) is 6.92 Å². The van der Waals surface area contributed by atoms with E-state index in [9.17, 15) is 27.6 Å². The largest absolute Gasteiger partial charge is 0.463 e. The van der Waals surface area contributed by atoms with Gasteiger partial charge in [0.2, 0.25) is 0 Å². The summed E-state index contributed by atoms with van der Waals surface area (Å²) in [7, 11) is 2.80. The minimum atomic E-state index is -4.68. The number of amides is 4. The normalized spacial score (nSPS) is 16.1. The zero-order valence-corrected chi connectivity index (χ0v) is 20.0. The smallest absolute Gasteiger partial charge is 0.416 e. The summed E-state index contributed by atoms with van der Waals surface area (Å²) in [5, 5.41) is 9.14. The first-order valence-corrected chi connectivity index (χ1v) is 10.8. The first-order valence-electron chi connectivity index (χ1n) is 10.8. The number of carbonyl (C=O) groups excluding carboxylic acids is 3. The van der Waals surface area contributed by atoms with Crippen molar-refractivity contribution in [2.45, 2.75) is 26.1 Å². The van der Waals surface area contributed by atoms with Gasteiger partial charge in [0.15, 0.2) is 0 Å². The van der Waals surface area contributed by atoms with Crippen LogP contribution in [0.25, 0.3) is 0 Å². The molecule has 0 N–H and O–H groups in total. The molecule has 2 aromatic carbocycles. The van der Waals surface area contributed by atoms with Crippen LogP contribution in [0.2, 0.25) is 0 Å². The van der Waals surface area contributed by atoms with Crippen molar-refractivity contribution in [1.29, 1.82) is 5.26 Å². The molecule has 0 bridgehead atoms. The predicted molar refractivity (Wildman–Crippen MR) is 123 cm³/mol. The van der Waals surface area contributed by atoms with Gasteiger partial charge >= 0.3 is 24.2 Å². The molecule has 0 radical (unpaired) electrons. The van der Waals surface area contributed by atoms with Crippen molar-refractivity contribution in [3.8, 4) is 6.07 Å². The van der Waals surface area contributed by atoms with E-state index < -0.39 is 35.8 Å². The van der Waals surface area contributed by atoms with E-state index in [1.165, 1.54) is 51.4 Å². The van der Waals surface area contributed by atoms with Gasteiger partial charge in [-0.3, -0.25) is 4.90 Å². The summed E-state index contributed by atoms with van der Waals surface area (Å²) in [4.78, 5) is 43.0. The van der Waals surface area contributed by atoms with Crippen molar-refractivity contribution in [3.05, 3.63) is 76.5 Å². The number of hydrogen-bond acceptors (Lipinski definition) is 5. The van der Waals surface area contributed by atoms with Crippen molar-refractivity contribution in [3.63, 3.8) is 0 Å². The van der Waals surface area contributed by atoms with E-state index in [2.05, 4.69) is 0 Å². The summed E-state index contributed by atoms with van der Waals surface area (Å²) in [6.45, 7) is 2.96. The number of nitriles is 1. The number of carbonyl (C=O) groups is 3. The molecule has 3 rings (SSSR count). The molecule has 0 saturated heterocycles. The minimum Gasteiger partial charge on any atom is -0.463 e. The number of urea groups is 2. The summed E-state index contributed by atoms with van der Waals surface area (Å²) >= 11 is 0. The maximum absolute atomic E-state index is 13.8. The fourth-order valence-electron chi connectivity index (χ4n) is 3.87. The van der Waals surface area contributed by atoms with Crippen LogP contribution in [-0.2, 0) is 15.7 Å². The number of anilines is 1. The lowest BCUT2D eigenvalue weighted by Crippen LogP contribution is -2.55. The van der Waals surface area contributed by atoms with Gasteiger partial charge in [-0.2, -0.15) is 18.4 Å². The number of rotatable bonds is 4. The molecule has 1 atom stereocenters. The lowest BCUT2D eigenvalue weighted by atomic mass is 9.92. The first-order chi connectivity index (χ1) is 16.9. The second-order valence-corrected chi connectivity index (χ2v) is 8.07. The van der Waals surface area contributed by atoms with E-state index in [4.69, 9.17) is 10.00 Å². The fraction of sp³-hybridized carbons (Fsp3) is 0.280. The highest BCUT2D eigenvalue weighted by atomic mass is 19.4. The Morgan fingerprint density at radius 3 is 2.31 bits per heavy atom. The van der Waals surface area contributed by atoms with Gasteiger partial charge in [0.1, 0.15) is 6.04 Å². The summed E-state index contributed by atoms with van der Waals surface area (Å²) in [6, 6.07) is 8.93. The SMILES string of the molecule is CCOC(=O)C1=C(C)N(c2cccc(C(F)(F)F)c2)C(=O)N(C(=O)N(C)C)C1c1ccc(C#N)cc1. The van der Waals surface area contributed by atoms with Crippen molar-refractivity contribution in [2.24, 2.45) is 0 Å². The quantitative estimate of drug-likeness (QED) is 0.546. The van der Waals surface area contributed by atoms with E-state index in [-0.39, 0.29) is 23.6 Å². The second kappa shape index (κ2) is 10.1. The van der Waals surface area contributed by atoms with Gasteiger partial charge < -0.3 is 9.64 Å². The molecule has 188 valence electrons. The molecule has 4 amide bonds. The third-order valence-electron chi connectivity index (χ3n) is 5.53. The number of ether oxygens (including phenoxy) is 1. The molecule has 1 heterocycles. The molecular weight excluding hydrogens is 477 g/mol. The van der Waals surface area contributed by atoms with Crippen molar-refractivity contribution in [2.75, 3.05) is 25.6 Å². The number of imide groups is 1. The van der Waals surface area contributed by atoms with Gasteiger partial charge in [-0.05, 0) is 49.7 Å². The highest BCUT2D eigenvalue weighted by Crippen LogP contribution is 2.41. The standard InChI is InChI=1S/C25H23F3N4O4/c1-5-36-22(33)20-15(2)31(19-8-6-7-18(13-19)25(26,27)28)24(35)32(23(34)30(3)4)21(20)17-11-9-16(14-29)10-12-17/h6-13,21H,5H2,1-4H3.